The molecule has 0 unspecified atom stereocenters. The quantitative estimate of drug-likeness (QED) is 0.209. The zero-order valence-corrected chi connectivity index (χ0v) is 18.1. The second-order valence-electron chi connectivity index (χ2n) is 6.34. The van der Waals surface area contributed by atoms with E-state index < -0.39 is 10.5 Å². The van der Waals surface area contributed by atoms with Crippen LogP contribution in [0.3, 0.4) is 0 Å². The average Bonchev–Trinajstić information content (AvgIpc) is 3.33. The highest BCUT2D eigenvalue weighted by Gasteiger charge is 2.16. The van der Waals surface area contributed by atoms with Crippen molar-refractivity contribution in [1.29, 1.82) is 0 Å². The summed E-state index contributed by atoms with van der Waals surface area (Å²) in [7, 11) is 0. The first-order valence-electron chi connectivity index (χ1n) is 8.72. The van der Waals surface area contributed by atoms with E-state index in [-0.39, 0.29) is 22.1 Å². The summed E-state index contributed by atoms with van der Waals surface area (Å²) in [5, 5.41) is 24.7. The third kappa shape index (κ3) is 4.26. The van der Waals surface area contributed by atoms with Crippen LogP contribution in [0.4, 0.5) is 17.1 Å². The summed E-state index contributed by atoms with van der Waals surface area (Å²) >= 11 is 13.0. The number of halogens is 2. The second-order valence-corrected chi connectivity index (χ2v) is 8.02. The van der Waals surface area contributed by atoms with Crippen molar-refractivity contribution < 1.29 is 4.92 Å². The van der Waals surface area contributed by atoms with Crippen LogP contribution in [0.5, 0.6) is 0 Å². The van der Waals surface area contributed by atoms with E-state index >= 15 is 0 Å². The first-order valence-corrected chi connectivity index (χ1v) is 10.4. The molecule has 1 N–H and O–H groups in total. The maximum atomic E-state index is 12.8. The summed E-state index contributed by atoms with van der Waals surface area (Å²) < 4.78 is 1.28. The fourth-order valence-electron chi connectivity index (χ4n) is 2.72. The summed E-state index contributed by atoms with van der Waals surface area (Å²) in [6.45, 7) is 1.67. The Balaban J connectivity index is 1.65. The van der Waals surface area contributed by atoms with Gasteiger partial charge in [0.1, 0.15) is 5.02 Å². The number of nitrogens with one attached hydrogen (secondary N) is 1. The number of hydrogen-bond donors (Lipinski definition) is 1. The first-order chi connectivity index (χ1) is 14.8. The Morgan fingerprint density at radius 1 is 1.16 bits per heavy atom. The van der Waals surface area contributed by atoms with Crippen LogP contribution in [0.15, 0.2) is 62.9 Å². The van der Waals surface area contributed by atoms with Gasteiger partial charge in [0, 0.05) is 22.0 Å². The molecule has 12 heteroatoms. The number of rotatable bonds is 5. The van der Waals surface area contributed by atoms with Gasteiger partial charge in [0.05, 0.1) is 22.0 Å². The Kier molecular flexibility index (Phi) is 5.68. The molecule has 0 aliphatic rings. The zero-order valence-electron chi connectivity index (χ0n) is 15.7. The number of aryl methyl sites for hydroxylation is 1. The molecule has 0 spiro atoms. The molecule has 0 saturated heterocycles. The van der Waals surface area contributed by atoms with Gasteiger partial charge in [-0.25, -0.2) is 4.98 Å². The van der Waals surface area contributed by atoms with E-state index in [1.807, 2.05) is 17.5 Å². The molecule has 2 heterocycles. The van der Waals surface area contributed by atoms with Crippen molar-refractivity contribution in [2.75, 3.05) is 0 Å². The van der Waals surface area contributed by atoms with Crippen molar-refractivity contribution in [3.8, 4) is 16.4 Å². The molecule has 2 aromatic heterocycles. The highest BCUT2D eigenvalue weighted by atomic mass is 35.5. The molecule has 0 amide bonds. The average molecular weight is 475 g/mol. The minimum Gasteiger partial charge on any atom is -0.291 e. The van der Waals surface area contributed by atoms with E-state index in [0.717, 1.165) is 5.56 Å². The van der Waals surface area contributed by atoms with Gasteiger partial charge in [-0.3, -0.25) is 20.0 Å². The number of thiazole rings is 1. The van der Waals surface area contributed by atoms with Crippen molar-refractivity contribution in [2.45, 2.75) is 6.92 Å². The van der Waals surface area contributed by atoms with Gasteiger partial charge < -0.3 is 0 Å². The Morgan fingerprint density at radius 3 is 2.61 bits per heavy atom. The van der Waals surface area contributed by atoms with Crippen LogP contribution in [0, 0.1) is 17.0 Å². The molecule has 0 bridgehead atoms. The summed E-state index contributed by atoms with van der Waals surface area (Å²) in [4.78, 5) is 27.7. The predicted molar refractivity (Wildman–Crippen MR) is 120 cm³/mol. The number of nitro benzene ring substituents is 1. The number of nitro groups is 1. The fourth-order valence-corrected chi connectivity index (χ4v) is 3.82. The summed E-state index contributed by atoms with van der Waals surface area (Å²) in [6, 6.07) is 11.2. The maximum absolute atomic E-state index is 12.8. The van der Waals surface area contributed by atoms with Gasteiger partial charge in [0.25, 0.3) is 5.69 Å². The van der Waals surface area contributed by atoms with Gasteiger partial charge in [-0.1, -0.05) is 35.3 Å². The summed E-state index contributed by atoms with van der Waals surface area (Å²) in [5.41, 5.74) is 1.57. The van der Waals surface area contributed by atoms with E-state index in [1.165, 1.54) is 34.2 Å². The third-order valence-electron chi connectivity index (χ3n) is 4.26. The molecule has 0 saturated carbocycles. The summed E-state index contributed by atoms with van der Waals surface area (Å²) in [5.74, 6) is 0. The lowest BCUT2D eigenvalue weighted by Crippen LogP contribution is -2.13. The zero-order chi connectivity index (χ0) is 22.1. The van der Waals surface area contributed by atoms with E-state index in [4.69, 9.17) is 23.2 Å². The Hall–Kier alpha value is -3.34. The third-order valence-corrected chi connectivity index (χ3v) is 5.65. The smallest absolute Gasteiger partial charge is 0.291 e. The van der Waals surface area contributed by atoms with Crippen LogP contribution in [-0.4, -0.2) is 19.7 Å². The first kappa shape index (κ1) is 20.9. The van der Waals surface area contributed by atoms with Gasteiger partial charge >= 0.3 is 5.56 Å². The van der Waals surface area contributed by atoms with Crippen LogP contribution < -0.4 is 5.56 Å². The lowest BCUT2D eigenvalue weighted by atomic mass is 10.2. The van der Waals surface area contributed by atoms with Crippen molar-refractivity contribution in [3.05, 3.63) is 84.1 Å². The molecule has 31 heavy (non-hydrogen) atoms. The molecule has 156 valence electrons. The summed E-state index contributed by atoms with van der Waals surface area (Å²) in [6.07, 6.45) is 0. The van der Waals surface area contributed by atoms with Crippen molar-refractivity contribution in [1.82, 2.24) is 14.8 Å². The molecule has 4 rings (SSSR count). The number of hydrogen-bond acceptors (Lipinski definition) is 7. The van der Waals surface area contributed by atoms with Crippen molar-refractivity contribution >= 4 is 51.6 Å². The fraction of sp³-hybridized carbons (Fsp3) is 0.0526. The molecule has 4 aromatic rings. The lowest BCUT2D eigenvalue weighted by Gasteiger charge is -1.97. The minimum absolute atomic E-state index is 0.00982. The normalized spacial score (nSPS) is 11.3. The van der Waals surface area contributed by atoms with Crippen LogP contribution in [0.25, 0.3) is 16.4 Å². The minimum atomic E-state index is -0.614. The Labute approximate surface area is 188 Å². The standard InChI is InChI=1S/C19H12Cl2N6O3S/c1-10-17(24-23-13-6-7-14(21)16(8-13)27(29)30)18(28)26(25-10)19-22-15(9-31-19)11-2-4-12(20)5-3-11/h2-9,25H,1H3. The maximum Gasteiger partial charge on any atom is 0.301 e. The molecule has 0 aliphatic heterocycles. The predicted octanol–water partition coefficient (Wildman–Crippen LogP) is 6.23. The van der Waals surface area contributed by atoms with E-state index in [9.17, 15) is 14.9 Å². The lowest BCUT2D eigenvalue weighted by molar-refractivity contribution is -0.384. The molecular formula is C19H12Cl2N6O3S. The second kappa shape index (κ2) is 8.42. The number of azo groups is 1. The number of aromatic amines is 1. The number of nitrogens with zero attached hydrogens (tertiary/aromatic N) is 5. The molecule has 0 radical (unpaired) electrons. The molecule has 0 atom stereocenters. The largest absolute Gasteiger partial charge is 0.301 e. The van der Waals surface area contributed by atoms with Gasteiger partial charge in [-0.2, -0.15) is 9.80 Å². The molecular weight excluding hydrogens is 463 g/mol. The van der Waals surface area contributed by atoms with Gasteiger partial charge in [0.2, 0.25) is 5.13 Å². The SMILES string of the molecule is Cc1[nH]n(-c2nc(-c3ccc(Cl)cc3)cs2)c(=O)c1N=Nc1ccc(Cl)c([N+](=O)[O-])c1. The highest BCUT2D eigenvalue weighted by Crippen LogP contribution is 2.30. The molecule has 2 aromatic carbocycles. The highest BCUT2D eigenvalue weighted by molar-refractivity contribution is 7.12. The Morgan fingerprint density at radius 2 is 1.90 bits per heavy atom. The van der Waals surface area contributed by atoms with Crippen molar-refractivity contribution in [3.63, 3.8) is 0 Å². The molecule has 0 fully saturated rings. The van der Waals surface area contributed by atoms with Crippen LogP contribution in [0.1, 0.15) is 5.69 Å². The van der Waals surface area contributed by atoms with Crippen LogP contribution in [0.2, 0.25) is 10.0 Å². The Bertz CT molecular complexity index is 1370. The van der Waals surface area contributed by atoms with E-state index in [1.54, 1.807) is 19.1 Å². The van der Waals surface area contributed by atoms with Gasteiger partial charge in [0.15, 0.2) is 5.69 Å². The van der Waals surface area contributed by atoms with Crippen LogP contribution >= 0.6 is 34.5 Å². The van der Waals surface area contributed by atoms with Gasteiger partial charge in [-0.15, -0.1) is 16.5 Å². The molecule has 0 aliphatic carbocycles. The van der Waals surface area contributed by atoms with E-state index in [0.29, 0.717) is 21.5 Å². The number of H-pyrrole nitrogens is 1. The monoisotopic (exact) mass is 474 g/mol. The number of aromatic nitrogens is 3. The van der Waals surface area contributed by atoms with E-state index in [2.05, 4.69) is 20.3 Å². The van der Waals surface area contributed by atoms with Crippen molar-refractivity contribution in [2.24, 2.45) is 10.2 Å². The van der Waals surface area contributed by atoms with Crippen LogP contribution in [-0.2, 0) is 0 Å². The number of benzene rings is 2. The molecule has 9 nitrogen and oxygen atoms in total. The van der Waals surface area contributed by atoms with Gasteiger partial charge in [-0.05, 0) is 31.2 Å². The topological polar surface area (TPSA) is 119 Å².